The maximum atomic E-state index is 12.8. The largest absolute Gasteiger partial charge is 0.456 e. The van der Waals surface area contributed by atoms with Gasteiger partial charge in [0.25, 0.3) is 0 Å². The Bertz CT molecular complexity index is 1450. The Morgan fingerprint density at radius 2 is 1.72 bits per heavy atom. The van der Waals surface area contributed by atoms with E-state index in [0.717, 1.165) is 52.8 Å². The lowest BCUT2D eigenvalue weighted by Crippen LogP contribution is -2.24. The number of rotatable bonds is 9. The number of nitrogens with one attached hydrogen (secondary N) is 1. The summed E-state index contributed by atoms with van der Waals surface area (Å²) in [5.74, 6) is 0.680. The summed E-state index contributed by atoms with van der Waals surface area (Å²) >= 11 is 0. The van der Waals surface area contributed by atoms with E-state index in [2.05, 4.69) is 28.9 Å². The van der Waals surface area contributed by atoms with Crippen molar-refractivity contribution >= 4 is 28.8 Å². The lowest BCUT2D eigenvalue weighted by Gasteiger charge is -2.20. The van der Waals surface area contributed by atoms with Crippen LogP contribution in [0.5, 0.6) is 0 Å². The fraction of sp³-hybridized carbons (Fsp3) is 0.344. The molecule has 7 nitrogen and oxygen atoms in total. The van der Waals surface area contributed by atoms with E-state index in [4.69, 9.17) is 14.5 Å². The highest BCUT2D eigenvalue weighted by Crippen LogP contribution is 2.28. The molecular weight excluding hydrogens is 490 g/mol. The van der Waals surface area contributed by atoms with Gasteiger partial charge in [-0.25, -0.2) is 14.6 Å². The van der Waals surface area contributed by atoms with Crippen molar-refractivity contribution in [3.63, 3.8) is 0 Å². The third-order valence-corrected chi connectivity index (χ3v) is 6.25. The number of esters is 1. The third kappa shape index (κ3) is 7.05. The van der Waals surface area contributed by atoms with Crippen molar-refractivity contribution in [2.45, 2.75) is 66.0 Å². The van der Waals surface area contributed by atoms with Gasteiger partial charge in [-0.3, -0.25) is 5.32 Å². The van der Waals surface area contributed by atoms with E-state index < -0.39 is 11.7 Å². The van der Waals surface area contributed by atoms with Gasteiger partial charge in [0, 0.05) is 18.7 Å². The molecule has 0 spiro atoms. The van der Waals surface area contributed by atoms with E-state index in [9.17, 15) is 9.59 Å². The molecule has 0 aliphatic carbocycles. The SMILES string of the molecule is CCCCc1nc2ccc(NC(=O)OCC)cc2n1Cc1ccc(-c2ccccc2C(=O)OC(C)(C)C)cc1. The maximum Gasteiger partial charge on any atom is 0.411 e. The van der Waals surface area contributed by atoms with Gasteiger partial charge in [-0.1, -0.05) is 55.8 Å². The second-order valence-electron chi connectivity index (χ2n) is 10.5. The summed E-state index contributed by atoms with van der Waals surface area (Å²) in [6.07, 6.45) is 2.51. The first kappa shape index (κ1) is 27.9. The molecule has 4 aromatic rings. The molecule has 0 atom stereocenters. The molecule has 1 heterocycles. The molecule has 0 radical (unpaired) electrons. The molecule has 204 valence electrons. The molecule has 0 bridgehead atoms. The Morgan fingerprint density at radius 1 is 0.974 bits per heavy atom. The Kier molecular flexibility index (Phi) is 8.69. The Balaban J connectivity index is 1.64. The van der Waals surface area contributed by atoms with Gasteiger partial charge in [0.1, 0.15) is 11.4 Å². The first-order chi connectivity index (χ1) is 18.7. The van der Waals surface area contributed by atoms with Crippen LogP contribution in [0, 0.1) is 0 Å². The topological polar surface area (TPSA) is 82.5 Å². The third-order valence-electron chi connectivity index (χ3n) is 6.25. The number of hydrogen-bond donors (Lipinski definition) is 1. The van der Waals surface area contributed by atoms with Crippen molar-refractivity contribution in [1.82, 2.24) is 9.55 Å². The number of aromatic nitrogens is 2. The summed E-state index contributed by atoms with van der Waals surface area (Å²) in [6.45, 7) is 10.5. The predicted octanol–water partition coefficient (Wildman–Crippen LogP) is 7.62. The van der Waals surface area contributed by atoms with Gasteiger partial charge in [-0.2, -0.15) is 0 Å². The first-order valence-corrected chi connectivity index (χ1v) is 13.5. The molecule has 0 aliphatic heterocycles. The number of unbranched alkanes of at least 4 members (excludes halogenated alkanes) is 1. The minimum atomic E-state index is -0.567. The number of carbonyl (C=O) groups excluding carboxylic acids is 2. The molecule has 1 N–H and O–H groups in total. The van der Waals surface area contributed by atoms with E-state index in [-0.39, 0.29) is 5.97 Å². The normalized spacial score (nSPS) is 11.4. The highest BCUT2D eigenvalue weighted by Gasteiger charge is 2.21. The Labute approximate surface area is 230 Å². The Hall–Kier alpha value is -4.13. The number of hydrogen-bond acceptors (Lipinski definition) is 5. The zero-order chi connectivity index (χ0) is 28.0. The molecule has 3 aromatic carbocycles. The maximum absolute atomic E-state index is 12.8. The fourth-order valence-corrected chi connectivity index (χ4v) is 4.46. The molecule has 0 aliphatic rings. The highest BCUT2D eigenvalue weighted by atomic mass is 16.6. The number of amides is 1. The van der Waals surface area contributed by atoms with Gasteiger partial charge < -0.3 is 14.0 Å². The van der Waals surface area contributed by atoms with Crippen LogP contribution in [0.3, 0.4) is 0 Å². The van der Waals surface area contributed by atoms with Crippen molar-refractivity contribution in [1.29, 1.82) is 0 Å². The van der Waals surface area contributed by atoms with Crippen molar-refractivity contribution in [3.05, 3.63) is 83.7 Å². The number of imidazole rings is 1. The van der Waals surface area contributed by atoms with Crippen molar-refractivity contribution in [2.24, 2.45) is 0 Å². The lowest BCUT2D eigenvalue weighted by molar-refractivity contribution is 0.00703. The van der Waals surface area contributed by atoms with Gasteiger partial charge in [0.05, 0.1) is 23.2 Å². The van der Waals surface area contributed by atoms with E-state index in [1.165, 1.54) is 0 Å². The minimum Gasteiger partial charge on any atom is -0.456 e. The monoisotopic (exact) mass is 527 g/mol. The van der Waals surface area contributed by atoms with Crippen LogP contribution in [-0.2, 0) is 22.4 Å². The molecule has 1 amide bonds. The number of aryl methyl sites for hydroxylation is 1. The summed E-state index contributed by atoms with van der Waals surface area (Å²) in [4.78, 5) is 29.7. The van der Waals surface area contributed by atoms with Crippen LogP contribution in [0.2, 0.25) is 0 Å². The summed E-state index contributed by atoms with van der Waals surface area (Å²) in [5, 5.41) is 2.79. The summed E-state index contributed by atoms with van der Waals surface area (Å²) < 4.78 is 12.9. The average Bonchev–Trinajstić information content (AvgIpc) is 3.23. The van der Waals surface area contributed by atoms with E-state index in [1.54, 1.807) is 13.0 Å². The van der Waals surface area contributed by atoms with Crippen molar-refractivity contribution < 1.29 is 19.1 Å². The molecule has 0 fully saturated rings. The smallest absolute Gasteiger partial charge is 0.411 e. The van der Waals surface area contributed by atoms with E-state index in [0.29, 0.717) is 24.4 Å². The van der Waals surface area contributed by atoms with Crippen LogP contribution in [0.25, 0.3) is 22.2 Å². The predicted molar refractivity (Wildman–Crippen MR) is 155 cm³/mol. The van der Waals surface area contributed by atoms with Gasteiger partial charge in [0.2, 0.25) is 0 Å². The minimum absolute atomic E-state index is 0.311. The van der Waals surface area contributed by atoms with Gasteiger partial charge >= 0.3 is 12.1 Å². The quantitative estimate of drug-likeness (QED) is 0.226. The number of carbonyl (C=O) groups is 2. The molecule has 7 heteroatoms. The number of ether oxygens (including phenoxy) is 2. The van der Waals surface area contributed by atoms with E-state index >= 15 is 0 Å². The summed E-state index contributed by atoms with van der Waals surface area (Å²) in [5.41, 5.74) is 5.38. The van der Waals surface area contributed by atoms with Crippen molar-refractivity contribution in [2.75, 3.05) is 11.9 Å². The number of benzene rings is 3. The molecule has 0 unspecified atom stereocenters. The zero-order valence-electron chi connectivity index (χ0n) is 23.4. The molecule has 0 saturated carbocycles. The molecule has 4 rings (SSSR count). The first-order valence-electron chi connectivity index (χ1n) is 13.5. The number of fused-ring (bicyclic) bond motifs is 1. The molecule has 1 aromatic heterocycles. The number of nitrogens with zero attached hydrogens (tertiary/aromatic N) is 2. The van der Waals surface area contributed by atoms with Crippen LogP contribution in [0.15, 0.2) is 66.7 Å². The zero-order valence-corrected chi connectivity index (χ0v) is 23.4. The van der Waals surface area contributed by atoms with Crippen molar-refractivity contribution in [3.8, 4) is 11.1 Å². The van der Waals surface area contributed by atoms with Gasteiger partial charge in [-0.15, -0.1) is 0 Å². The van der Waals surface area contributed by atoms with Crippen LogP contribution < -0.4 is 5.32 Å². The number of anilines is 1. The highest BCUT2D eigenvalue weighted by molar-refractivity contribution is 5.97. The van der Waals surface area contributed by atoms with Crippen LogP contribution in [0.1, 0.15) is 69.2 Å². The van der Waals surface area contributed by atoms with Crippen LogP contribution in [-0.4, -0.2) is 33.8 Å². The van der Waals surface area contributed by atoms with E-state index in [1.807, 2.05) is 69.3 Å². The average molecular weight is 528 g/mol. The second kappa shape index (κ2) is 12.2. The van der Waals surface area contributed by atoms with Crippen LogP contribution in [0.4, 0.5) is 10.5 Å². The molecule has 0 saturated heterocycles. The molecular formula is C32H37N3O4. The molecule has 39 heavy (non-hydrogen) atoms. The van der Waals surface area contributed by atoms with Gasteiger partial charge in [-0.05, 0) is 75.1 Å². The summed E-state index contributed by atoms with van der Waals surface area (Å²) in [6, 6.07) is 21.5. The second-order valence-corrected chi connectivity index (χ2v) is 10.5. The van der Waals surface area contributed by atoms with Crippen LogP contribution >= 0.6 is 0 Å². The lowest BCUT2D eigenvalue weighted by atomic mass is 9.98. The summed E-state index contributed by atoms with van der Waals surface area (Å²) in [7, 11) is 0. The standard InChI is InChI=1S/C32H37N3O4/c1-6-8-13-29-34-27-19-18-24(33-31(37)38-7-2)20-28(27)35(29)21-22-14-16-23(17-15-22)25-11-9-10-12-26(25)30(36)39-32(3,4)5/h9-12,14-20H,6-8,13,21H2,1-5H3,(H,33,37). The Morgan fingerprint density at radius 3 is 2.41 bits per heavy atom. The fourth-order valence-electron chi connectivity index (χ4n) is 4.46. The van der Waals surface area contributed by atoms with Gasteiger partial charge in [0.15, 0.2) is 0 Å².